The molecule has 0 aliphatic carbocycles. The number of amides is 1. The summed E-state index contributed by atoms with van der Waals surface area (Å²) in [6.45, 7) is 2.07. The Morgan fingerprint density at radius 1 is 0.957 bits per heavy atom. The van der Waals surface area contributed by atoms with Gasteiger partial charge in [-0.2, -0.15) is 0 Å². The van der Waals surface area contributed by atoms with Crippen LogP contribution in [-0.4, -0.2) is 27.2 Å². The van der Waals surface area contributed by atoms with Crippen molar-refractivity contribution in [1.82, 2.24) is 0 Å². The normalized spacial score (nSPS) is 10.1. The van der Waals surface area contributed by atoms with Crippen LogP contribution in [0.2, 0.25) is 0 Å². The van der Waals surface area contributed by atoms with E-state index < -0.39 is 0 Å². The van der Waals surface area contributed by atoms with Crippen LogP contribution in [0.25, 0.3) is 0 Å². The van der Waals surface area contributed by atoms with Crippen molar-refractivity contribution in [3.8, 4) is 17.2 Å². The van der Waals surface area contributed by atoms with Gasteiger partial charge < -0.3 is 19.5 Å². The standard InChI is InChI=1S/C18H21NO4/c1-5-12-7-6-8-13(9-12)19-18(20)14-10-16(22-3)17(23-4)11-15(14)21-2/h6-11H,5H2,1-4H3,(H,19,20). The van der Waals surface area contributed by atoms with E-state index in [0.717, 1.165) is 17.7 Å². The van der Waals surface area contributed by atoms with Gasteiger partial charge in [-0.1, -0.05) is 19.1 Å². The van der Waals surface area contributed by atoms with Crippen LogP contribution in [0.3, 0.4) is 0 Å². The Morgan fingerprint density at radius 2 is 1.61 bits per heavy atom. The fourth-order valence-corrected chi connectivity index (χ4v) is 2.27. The lowest BCUT2D eigenvalue weighted by Crippen LogP contribution is -2.13. The summed E-state index contributed by atoms with van der Waals surface area (Å²) in [5.74, 6) is 1.14. The van der Waals surface area contributed by atoms with E-state index in [4.69, 9.17) is 14.2 Å². The Labute approximate surface area is 136 Å². The van der Waals surface area contributed by atoms with Gasteiger partial charge in [0, 0.05) is 17.8 Å². The van der Waals surface area contributed by atoms with Crippen molar-refractivity contribution in [3.05, 3.63) is 47.5 Å². The Bertz CT molecular complexity index is 697. The van der Waals surface area contributed by atoms with Crippen LogP contribution in [0.4, 0.5) is 5.69 Å². The van der Waals surface area contributed by atoms with E-state index in [0.29, 0.717) is 22.8 Å². The van der Waals surface area contributed by atoms with Gasteiger partial charge in [-0.15, -0.1) is 0 Å². The van der Waals surface area contributed by atoms with Crippen LogP contribution in [0.1, 0.15) is 22.8 Å². The molecule has 0 saturated carbocycles. The van der Waals surface area contributed by atoms with Crippen LogP contribution < -0.4 is 19.5 Å². The van der Waals surface area contributed by atoms with Crippen LogP contribution >= 0.6 is 0 Å². The first-order chi connectivity index (χ1) is 11.1. The number of hydrogen-bond acceptors (Lipinski definition) is 4. The number of carbonyl (C=O) groups is 1. The second-order valence-electron chi connectivity index (χ2n) is 4.92. The largest absolute Gasteiger partial charge is 0.496 e. The first-order valence-corrected chi connectivity index (χ1v) is 7.33. The van der Waals surface area contributed by atoms with Gasteiger partial charge in [0.15, 0.2) is 11.5 Å². The zero-order valence-electron chi connectivity index (χ0n) is 13.8. The smallest absolute Gasteiger partial charge is 0.259 e. The van der Waals surface area contributed by atoms with Gasteiger partial charge in [0.1, 0.15) is 5.75 Å². The summed E-state index contributed by atoms with van der Waals surface area (Å²) in [5.41, 5.74) is 2.28. The molecule has 1 N–H and O–H groups in total. The van der Waals surface area contributed by atoms with Crippen molar-refractivity contribution < 1.29 is 19.0 Å². The Hall–Kier alpha value is -2.69. The summed E-state index contributed by atoms with van der Waals surface area (Å²) in [6.07, 6.45) is 0.906. The zero-order chi connectivity index (χ0) is 16.8. The highest BCUT2D eigenvalue weighted by molar-refractivity contribution is 6.06. The third-order valence-corrected chi connectivity index (χ3v) is 3.54. The van der Waals surface area contributed by atoms with E-state index in [2.05, 4.69) is 12.2 Å². The molecule has 23 heavy (non-hydrogen) atoms. The lowest BCUT2D eigenvalue weighted by Gasteiger charge is -2.14. The third-order valence-electron chi connectivity index (χ3n) is 3.54. The van der Waals surface area contributed by atoms with Gasteiger partial charge in [-0.25, -0.2) is 0 Å². The SMILES string of the molecule is CCc1cccc(NC(=O)c2cc(OC)c(OC)cc2OC)c1. The van der Waals surface area contributed by atoms with Crippen molar-refractivity contribution in [2.24, 2.45) is 0 Å². The fourth-order valence-electron chi connectivity index (χ4n) is 2.27. The molecule has 0 aromatic heterocycles. The van der Waals surface area contributed by atoms with E-state index in [1.165, 1.54) is 21.3 Å². The van der Waals surface area contributed by atoms with Gasteiger partial charge in [0.05, 0.1) is 26.9 Å². The van der Waals surface area contributed by atoms with Crippen LogP contribution in [0, 0.1) is 0 Å². The minimum absolute atomic E-state index is 0.268. The number of aryl methyl sites for hydroxylation is 1. The van der Waals surface area contributed by atoms with Crippen LogP contribution in [0.5, 0.6) is 17.2 Å². The summed E-state index contributed by atoms with van der Waals surface area (Å²) >= 11 is 0. The molecule has 2 aromatic rings. The van der Waals surface area contributed by atoms with Crippen molar-refractivity contribution in [1.29, 1.82) is 0 Å². The minimum Gasteiger partial charge on any atom is -0.496 e. The Morgan fingerprint density at radius 3 is 2.22 bits per heavy atom. The molecule has 0 spiro atoms. The molecular formula is C18H21NO4. The molecular weight excluding hydrogens is 294 g/mol. The molecule has 0 radical (unpaired) electrons. The number of benzene rings is 2. The zero-order valence-corrected chi connectivity index (χ0v) is 13.8. The fraction of sp³-hybridized carbons (Fsp3) is 0.278. The molecule has 5 heteroatoms. The van der Waals surface area contributed by atoms with E-state index >= 15 is 0 Å². The van der Waals surface area contributed by atoms with Crippen molar-refractivity contribution in [2.45, 2.75) is 13.3 Å². The van der Waals surface area contributed by atoms with E-state index in [9.17, 15) is 4.79 Å². The molecule has 0 aliphatic rings. The average molecular weight is 315 g/mol. The molecule has 1 amide bonds. The van der Waals surface area contributed by atoms with Gasteiger partial charge >= 0.3 is 0 Å². The van der Waals surface area contributed by atoms with E-state index in [1.807, 2.05) is 24.3 Å². The molecule has 5 nitrogen and oxygen atoms in total. The molecule has 2 rings (SSSR count). The molecule has 2 aromatic carbocycles. The highest BCUT2D eigenvalue weighted by Gasteiger charge is 2.18. The maximum absolute atomic E-state index is 12.6. The predicted molar refractivity (Wildman–Crippen MR) is 89.9 cm³/mol. The Kier molecular flexibility index (Phi) is 5.46. The summed E-state index contributed by atoms with van der Waals surface area (Å²) in [6, 6.07) is 11.0. The monoisotopic (exact) mass is 315 g/mol. The van der Waals surface area contributed by atoms with Crippen LogP contribution in [0.15, 0.2) is 36.4 Å². The molecule has 122 valence electrons. The molecule has 0 fully saturated rings. The second kappa shape index (κ2) is 7.54. The number of ether oxygens (including phenoxy) is 3. The summed E-state index contributed by atoms with van der Waals surface area (Å²) < 4.78 is 15.8. The summed E-state index contributed by atoms with van der Waals surface area (Å²) in [4.78, 5) is 12.6. The number of nitrogens with one attached hydrogen (secondary N) is 1. The molecule has 0 atom stereocenters. The average Bonchev–Trinajstić information content (AvgIpc) is 2.60. The minimum atomic E-state index is -0.268. The topological polar surface area (TPSA) is 56.8 Å². The maximum Gasteiger partial charge on any atom is 0.259 e. The molecule has 0 unspecified atom stereocenters. The predicted octanol–water partition coefficient (Wildman–Crippen LogP) is 3.53. The van der Waals surface area contributed by atoms with E-state index in [-0.39, 0.29) is 5.91 Å². The van der Waals surface area contributed by atoms with Crippen molar-refractivity contribution in [3.63, 3.8) is 0 Å². The first kappa shape index (κ1) is 16.7. The lowest BCUT2D eigenvalue weighted by atomic mass is 10.1. The third kappa shape index (κ3) is 3.74. The Balaban J connectivity index is 2.34. The molecule has 0 heterocycles. The highest BCUT2D eigenvalue weighted by Crippen LogP contribution is 2.34. The molecule has 0 bridgehead atoms. The number of rotatable bonds is 6. The van der Waals surface area contributed by atoms with Crippen molar-refractivity contribution >= 4 is 11.6 Å². The number of carbonyl (C=O) groups excluding carboxylic acids is 1. The number of methoxy groups -OCH3 is 3. The highest BCUT2D eigenvalue weighted by atomic mass is 16.5. The van der Waals surface area contributed by atoms with Gasteiger partial charge in [-0.05, 0) is 24.1 Å². The van der Waals surface area contributed by atoms with E-state index in [1.54, 1.807) is 12.1 Å². The quantitative estimate of drug-likeness (QED) is 0.886. The van der Waals surface area contributed by atoms with Crippen molar-refractivity contribution in [2.75, 3.05) is 26.6 Å². The van der Waals surface area contributed by atoms with Gasteiger partial charge in [-0.3, -0.25) is 4.79 Å². The maximum atomic E-state index is 12.6. The second-order valence-corrected chi connectivity index (χ2v) is 4.92. The molecule has 0 saturated heterocycles. The molecule has 0 aliphatic heterocycles. The summed E-state index contributed by atoms with van der Waals surface area (Å²) in [5, 5.41) is 2.88. The first-order valence-electron chi connectivity index (χ1n) is 7.33. The van der Waals surface area contributed by atoms with Gasteiger partial charge in [0.25, 0.3) is 5.91 Å². The van der Waals surface area contributed by atoms with Crippen LogP contribution in [-0.2, 0) is 6.42 Å². The number of hydrogen-bond donors (Lipinski definition) is 1. The summed E-state index contributed by atoms with van der Waals surface area (Å²) in [7, 11) is 4.57. The van der Waals surface area contributed by atoms with Gasteiger partial charge in [0.2, 0.25) is 0 Å². The number of anilines is 1. The lowest BCUT2D eigenvalue weighted by molar-refractivity contribution is 0.102.